The average Bonchev–Trinajstić information content (AvgIpc) is 2.87. The largest absolute Gasteiger partial charge is 0.395 e. The molecular formula is C26H30Cl2FN5O4. The first-order valence-corrected chi connectivity index (χ1v) is 12.7. The lowest BCUT2D eigenvalue weighted by Crippen LogP contribution is -2.22. The molecule has 0 atom stereocenters. The van der Waals surface area contributed by atoms with Gasteiger partial charge in [-0.25, -0.2) is 14.4 Å². The fraction of sp³-hybridized carbons (Fsp3) is 0.346. The summed E-state index contributed by atoms with van der Waals surface area (Å²) in [5.41, 5.74) is 2.05. The summed E-state index contributed by atoms with van der Waals surface area (Å²) in [5.74, 6) is -0.612. The Kier molecular flexibility index (Phi) is 11.7. The average molecular weight is 566 g/mol. The Morgan fingerprint density at radius 1 is 1.11 bits per heavy atom. The summed E-state index contributed by atoms with van der Waals surface area (Å²) in [4.78, 5) is 23.2. The lowest BCUT2D eigenvalue weighted by atomic mass is 10.0. The number of anilines is 3. The molecule has 0 bridgehead atoms. The van der Waals surface area contributed by atoms with Crippen molar-refractivity contribution in [3.8, 4) is 0 Å². The van der Waals surface area contributed by atoms with Crippen LogP contribution in [0.15, 0.2) is 42.7 Å². The molecule has 38 heavy (non-hydrogen) atoms. The molecule has 3 rings (SSSR count). The Morgan fingerprint density at radius 2 is 1.89 bits per heavy atom. The van der Waals surface area contributed by atoms with Gasteiger partial charge in [-0.2, -0.15) is 0 Å². The highest BCUT2D eigenvalue weighted by atomic mass is 35.5. The van der Waals surface area contributed by atoms with E-state index in [4.69, 9.17) is 38.2 Å². The molecule has 1 heterocycles. The summed E-state index contributed by atoms with van der Waals surface area (Å²) in [5, 5.41) is 24.6. The molecule has 12 heteroatoms. The van der Waals surface area contributed by atoms with Gasteiger partial charge in [0, 0.05) is 36.8 Å². The van der Waals surface area contributed by atoms with Gasteiger partial charge in [0.1, 0.15) is 18.0 Å². The van der Waals surface area contributed by atoms with Crippen LogP contribution in [0.5, 0.6) is 0 Å². The van der Waals surface area contributed by atoms with Crippen LogP contribution in [0.4, 0.5) is 21.6 Å². The third-order valence-electron chi connectivity index (χ3n) is 5.52. The number of amides is 1. The minimum atomic E-state index is -0.601. The van der Waals surface area contributed by atoms with E-state index in [1.165, 1.54) is 18.5 Å². The van der Waals surface area contributed by atoms with E-state index >= 15 is 0 Å². The number of aryl methyl sites for hydroxylation is 1. The van der Waals surface area contributed by atoms with Crippen molar-refractivity contribution in [2.24, 2.45) is 0 Å². The van der Waals surface area contributed by atoms with Crippen molar-refractivity contribution in [3.63, 3.8) is 0 Å². The van der Waals surface area contributed by atoms with Gasteiger partial charge in [-0.1, -0.05) is 29.3 Å². The normalized spacial score (nSPS) is 11.6. The number of nitrogens with one attached hydrogen (secondary N) is 2. The van der Waals surface area contributed by atoms with Crippen molar-refractivity contribution in [3.05, 3.63) is 64.2 Å². The summed E-state index contributed by atoms with van der Waals surface area (Å²) >= 11 is 12.0. The number of rotatable bonds is 14. The minimum Gasteiger partial charge on any atom is -0.395 e. The quantitative estimate of drug-likeness (QED) is 0.130. The monoisotopic (exact) mass is 565 g/mol. The number of halogens is 3. The van der Waals surface area contributed by atoms with Gasteiger partial charge in [-0.15, -0.1) is 0 Å². The number of fused-ring (bicyclic) bond motifs is 1. The number of ether oxygens (including phenoxy) is 1. The van der Waals surface area contributed by atoms with Gasteiger partial charge in [-0.3, -0.25) is 4.79 Å². The zero-order valence-electron chi connectivity index (χ0n) is 20.9. The van der Waals surface area contributed by atoms with E-state index in [1.807, 2.05) is 18.0 Å². The Morgan fingerprint density at radius 3 is 2.66 bits per heavy atom. The van der Waals surface area contributed by atoms with Gasteiger partial charge in [0.2, 0.25) is 5.91 Å². The van der Waals surface area contributed by atoms with Crippen LogP contribution in [0.25, 0.3) is 10.9 Å². The summed E-state index contributed by atoms with van der Waals surface area (Å²) in [6, 6.07) is 6.06. The topological polar surface area (TPSA) is 120 Å². The van der Waals surface area contributed by atoms with E-state index in [0.717, 1.165) is 11.6 Å². The van der Waals surface area contributed by atoms with E-state index in [2.05, 4.69) is 20.6 Å². The Bertz CT molecular complexity index is 1280. The smallest absolute Gasteiger partial charge is 0.248 e. The molecule has 0 saturated carbocycles. The molecular weight excluding hydrogens is 536 g/mol. The molecule has 2 aromatic carbocycles. The molecule has 0 aliphatic rings. The van der Waals surface area contributed by atoms with Crippen molar-refractivity contribution in [1.29, 1.82) is 0 Å². The van der Waals surface area contributed by atoms with Crippen molar-refractivity contribution >= 4 is 57.2 Å². The Balaban J connectivity index is 1.90. The minimum absolute atomic E-state index is 0.0313. The van der Waals surface area contributed by atoms with Crippen molar-refractivity contribution in [1.82, 2.24) is 14.9 Å². The van der Waals surface area contributed by atoms with Crippen molar-refractivity contribution in [2.75, 3.05) is 57.2 Å². The number of benzene rings is 2. The van der Waals surface area contributed by atoms with E-state index in [0.29, 0.717) is 54.9 Å². The standard InChI is InChI=1S/C26H30Cl2FN5O4/c1-34(7-8-35)6-2-5-25(37)32-22-13-18-23(12-17(22)4-3-10-38-11-9-36)30-16-31-26(18)33-24-15-20(28)19(27)14-21(24)29/h2,5,12-16,35-36H,3-4,6-11H2,1H3,(H,32,37)(H,30,31,33)/b5-2+. The third-order valence-corrected chi connectivity index (χ3v) is 6.24. The second kappa shape index (κ2) is 14.9. The molecule has 0 unspecified atom stereocenters. The predicted molar refractivity (Wildman–Crippen MR) is 148 cm³/mol. The summed E-state index contributed by atoms with van der Waals surface area (Å²) in [6.07, 6.45) is 5.72. The summed E-state index contributed by atoms with van der Waals surface area (Å²) in [7, 11) is 1.84. The fourth-order valence-corrected chi connectivity index (χ4v) is 3.94. The fourth-order valence-electron chi connectivity index (χ4n) is 3.62. The first-order valence-electron chi connectivity index (χ1n) is 12.0. The van der Waals surface area contributed by atoms with Crippen LogP contribution in [-0.2, 0) is 16.0 Å². The molecule has 0 aliphatic heterocycles. The number of carbonyl (C=O) groups excluding carboxylic acids is 1. The number of aromatic nitrogens is 2. The SMILES string of the molecule is CN(C/C=C/C(=O)Nc1cc2c(Nc3cc(Cl)c(Cl)cc3F)ncnc2cc1CCCOCCO)CCO. The predicted octanol–water partition coefficient (Wildman–Crippen LogP) is 4.18. The molecule has 9 nitrogen and oxygen atoms in total. The number of likely N-dealkylation sites (N-methyl/N-ethyl adjacent to an activating group) is 1. The summed E-state index contributed by atoms with van der Waals surface area (Å²) in [6.45, 7) is 1.67. The number of aliphatic hydroxyl groups is 2. The first-order chi connectivity index (χ1) is 18.3. The van der Waals surface area contributed by atoms with E-state index in [9.17, 15) is 9.18 Å². The Hall–Kier alpha value is -2.86. The molecule has 3 aromatic rings. The number of aliphatic hydroxyl groups excluding tert-OH is 2. The molecule has 0 saturated heterocycles. The van der Waals surface area contributed by atoms with Crippen LogP contribution in [0.2, 0.25) is 10.0 Å². The molecule has 0 radical (unpaired) electrons. The van der Waals surface area contributed by atoms with E-state index in [1.54, 1.807) is 12.1 Å². The maximum Gasteiger partial charge on any atom is 0.248 e. The Labute approximate surface area is 230 Å². The van der Waals surface area contributed by atoms with Crippen LogP contribution >= 0.6 is 23.2 Å². The highest BCUT2D eigenvalue weighted by Crippen LogP contribution is 2.33. The van der Waals surface area contributed by atoms with Gasteiger partial charge in [0.15, 0.2) is 0 Å². The van der Waals surface area contributed by atoms with Crippen LogP contribution in [0.3, 0.4) is 0 Å². The highest BCUT2D eigenvalue weighted by molar-refractivity contribution is 6.42. The van der Waals surface area contributed by atoms with Gasteiger partial charge < -0.3 is 30.5 Å². The number of hydrogen-bond donors (Lipinski definition) is 4. The lowest BCUT2D eigenvalue weighted by molar-refractivity contribution is -0.111. The second-order valence-corrected chi connectivity index (χ2v) is 9.25. The van der Waals surface area contributed by atoms with Crippen LogP contribution in [-0.4, -0.2) is 77.6 Å². The molecule has 0 fully saturated rings. The van der Waals surface area contributed by atoms with Crippen LogP contribution in [0, 0.1) is 5.82 Å². The highest BCUT2D eigenvalue weighted by Gasteiger charge is 2.14. The zero-order valence-corrected chi connectivity index (χ0v) is 22.4. The summed E-state index contributed by atoms with van der Waals surface area (Å²) < 4.78 is 19.9. The van der Waals surface area contributed by atoms with Gasteiger partial charge in [0.25, 0.3) is 0 Å². The molecule has 1 aromatic heterocycles. The van der Waals surface area contributed by atoms with Crippen LogP contribution < -0.4 is 10.6 Å². The molecule has 204 valence electrons. The second-order valence-electron chi connectivity index (χ2n) is 8.44. The number of nitrogens with zero attached hydrogens (tertiary/aromatic N) is 3. The van der Waals surface area contributed by atoms with Gasteiger partial charge in [-0.05, 0) is 49.7 Å². The molecule has 0 spiro atoms. The maximum atomic E-state index is 14.5. The van der Waals surface area contributed by atoms with Gasteiger partial charge in [0.05, 0.1) is 41.1 Å². The van der Waals surface area contributed by atoms with Gasteiger partial charge >= 0.3 is 0 Å². The first kappa shape index (κ1) is 29.7. The van der Waals surface area contributed by atoms with Crippen LogP contribution in [0.1, 0.15) is 12.0 Å². The van der Waals surface area contributed by atoms with Crippen molar-refractivity contribution < 1.29 is 24.1 Å². The number of hydrogen-bond acceptors (Lipinski definition) is 8. The molecule has 4 N–H and O–H groups in total. The van der Waals surface area contributed by atoms with Crippen molar-refractivity contribution in [2.45, 2.75) is 12.8 Å². The van der Waals surface area contributed by atoms with E-state index < -0.39 is 5.82 Å². The maximum absolute atomic E-state index is 14.5. The third kappa shape index (κ3) is 8.59. The molecule has 0 aliphatic carbocycles. The zero-order chi connectivity index (χ0) is 27.5. The van der Waals surface area contributed by atoms with E-state index in [-0.39, 0.29) is 41.5 Å². The number of carbonyl (C=O) groups is 1. The molecule has 1 amide bonds. The lowest BCUT2D eigenvalue weighted by Gasteiger charge is -2.15.